The molecule has 2 unspecified atom stereocenters. The second-order valence-electron chi connectivity index (χ2n) is 3.42. The van der Waals surface area contributed by atoms with Gasteiger partial charge in [0, 0.05) is 12.0 Å². The average molecular weight is 127 g/mol. The molecule has 0 aromatic heterocycles. The van der Waals surface area contributed by atoms with E-state index in [0.717, 1.165) is 19.7 Å². The predicted octanol–water partition coefficient (Wildman–Crippen LogP) is 0.385. The molecule has 0 saturated carbocycles. The molecule has 2 saturated heterocycles. The molecule has 0 spiro atoms. The second kappa shape index (κ2) is 1.70. The summed E-state index contributed by atoms with van der Waals surface area (Å²) in [5, 5.41) is 3.38. The second-order valence-corrected chi connectivity index (χ2v) is 3.42. The fraction of sp³-hybridized carbons (Fsp3) is 1.00. The highest BCUT2D eigenvalue weighted by atomic mass is 16.5. The van der Waals surface area contributed by atoms with Crippen molar-refractivity contribution in [2.24, 2.45) is 5.41 Å². The number of fused-ring (bicyclic) bond motifs is 1. The molecule has 2 fully saturated rings. The first kappa shape index (κ1) is 5.69. The lowest BCUT2D eigenvalue weighted by molar-refractivity contribution is -0.188. The Hall–Kier alpha value is -0.0800. The van der Waals surface area contributed by atoms with Gasteiger partial charge in [-0.25, -0.2) is 0 Å². The maximum absolute atomic E-state index is 5.40. The van der Waals surface area contributed by atoms with Crippen LogP contribution in [-0.4, -0.2) is 25.8 Å². The van der Waals surface area contributed by atoms with E-state index in [-0.39, 0.29) is 0 Å². The van der Waals surface area contributed by atoms with Crippen LogP contribution in [0.3, 0.4) is 0 Å². The fourth-order valence-electron chi connectivity index (χ4n) is 1.69. The zero-order valence-electron chi connectivity index (χ0n) is 5.81. The zero-order valence-corrected chi connectivity index (χ0v) is 5.81. The van der Waals surface area contributed by atoms with Crippen LogP contribution < -0.4 is 5.32 Å². The van der Waals surface area contributed by atoms with Crippen LogP contribution in [0.15, 0.2) is 0 Å². The Morgan fingerprint density at radius 2 is 2.56 bits per heavy atom. The minimum atomic E-state index is 0.484. The van der Waals surface area contributed by atoms with E-state index >= 15 is 0 Å². The lowest BCUT2D eigenvalue weighted by atomic mass is 9.76. The van der Waals surface area contributed by atoms with Crippen molar-refractivity contribution in [2.45, 2.75) is 19.4 Å². The molecule has 0 aliphatic carbocycles. The normalized spacial score (nSPS) is 49.7. The van der Waals surface area contributed by atoms with Gasteiger partial charge in [0.05, 0.1) is 12.7 Å². The molecule has 2 aliphatic heterocycles. The third-order valence-corrected chi connectivity index (χ3v) is 2.50. The molecule has 52 valence electrons. The summed E-state index contributed by atoms with van der Waals surface area (Å²) < 4.78 is 5.40. The Morgan fingerprint density at radius 1 is 1.67 bits per heavy atom. The van der Waals surface area contributed by atoms with Gasteiger partial charge in [0.25, 0.3) is 0 Å². The standard InChI is InChI=1S/C7H13NO/c1-7-4-8-3-2-6(7)9-5-7/h6,8H,2-5H2,1H3. The van der Waals surface area contributed by atoms with Crippen LogP contribution in [0, 0.1) is 5.41 Å². The van der Waals surface area contributed by atoms with Crippen molar-refractivity contribution in [3.63, 3.8) is 0 Å². The van der Waals surface area contributed by atoms with Crippen molar-refractivity contribution in [2.75, 3.05) is 19.7 Å². The number of rotatable bonds is 0. The Bertz CT molecular complexity index is 126. The largest absolute Gasteiger partial charge is 0.377 e. The molecule has 2 heterocycles. The number of hydrogen-bond acceptors (Lipinski definition) is 2. The molecule has 0 aromatic carbocycles. The van der Waals surface area contributed by atoms with Gasteiger partial charge in [0.15, 0.2) is 0 Å². The van der Waals surface area contributed by atoms with E-state index in [1.807, 2.05) is 0 Å². The van der Waals surface area contributed by atoms with E-state index in [1.165, 1.54) is 6.42 Å². The van der Waals surface area contributed by atoms with Gasteiger partial charge in [-0.3, -0.25) is 0 Å². The van der Waals surface area contributed by atoms with Crippen molar-refractivity contribution in [1.82, 2.24) is 5.32 Å². The molecule has 0 bridgehead atoms. The number of nitrogens with one attached hydrogen (secondary N) is 1. The van der Waals surface area contributed by atoms with Gasteiger partial charge in [0.2, 0.25) is 0 Å². The Balaban J connectivity index is 2.05. The lowest BCUT2D eigenvalue weighted by Crippen LogP contribution is -2.59. The zero-order chi connectivity index (χ0) is 6.32. The first-order chi connectivity index (χ1) is 4.31. The van der Waals surface area contributed by atoms with E-state index in [9.17, 15) is 0 Å². The van der Waals surface area contributed by atoms with Crippen LogP contribution in [0.4, 0.5) is 0 Å². The molecule has 1 N–H and O–H groups in total. The Labute approximate surface area is 55.6 Å². The van der Waals surface area contributed by atoms with Gasteiger partial charge >= 0.3 is 0 Å². The van der Waals surface area contributed by atoms with Crippen LogP contribution in [-0.2, 0) is 4.74 Å². The highest BCUT2D eigenvalue weighted by Crippen LogP contribution is 2.37. The first-order valence-corrected chi connectivity index (χ1v) is 3.64. The topological polar surface area (TPSA) is 21.3 Å². The average Bonchev–Trinajstić information content (AvgIpc) is 1.82. The molecule has 0 amide bonds. The first-order valence-electron chi connectivity index (χ1n) is 3.64. The van der Waals surface area contributed by atoms with E-state index in [4.69, 9.17) is 4.74 Å². The van der Waals surface area contributed by atoms with Crippen molar-refractivity contribution in [3.05, 3.63) is 0 Å². The molecule has 2 heteroatoms. The molecule has 2 rings (SSSR count). The molecular formula is C7H13NO. The van der Waals surface area contributed by atoms with E-state index < -0.39 is 0 Å². The summed E-state index contributed by atoms with van der Waals surface area (Å²) in [4.78, 5) is 0. The monoisotopic (exact) mass is 127 g/mol. The third kappa shape index (κ3) is 0.700. The summed E-state index contributed by atoms with van der Waals surface area (Å²) in [5.74, 6) is 0. The van der Waals surface area contributed by atoms with Gasteiger partial charge < -0.3 is 10.1 Å². The maximum atomic E-state index is 5.40. The fourth-order valence-corrected chi connectivity index (χ4v) is 1.69. The SMILES string of the molecule is CC12CNCCC1OC2. The quantitative estimate of drug-likeness (QED) is 0.508. The van der Waals surface area contributed by atoms with Gasteiger partial charge in [-0.1, -0.05) is 6.92 Å². The maximum Gasteiger partial charge on any atom is 0.0675 e. The van der Waals surface area contributed by atoms with Crippen molar-refractivity contribution >= 4 is 0 Å². The molecule has 9 heavy (non-hydrogen) atoms. The highest BCUT2D eigenvalue weighted by molar-refractivity contribution is 4.95. The van der Waals surface area contributed by atoms with Crippen LogP contribution in [0.2, 0.25) is 0 Å². The highest BCUT2D eigenvalue weighted by Gasteiger charge is 2.45. The van der Waals surface area contributed by atoms with Crippen LogP contribution >= 0.6 is 0 Å². The van der Waals surface area contributed by atoms with E-state index in [1.54, 1.807) is 0 Å². The molecular weight excluding hydrogens is 114 g/mol. The minimum absolute atomic E-state index is 0.484. The van der Waals surface area contributed by atoms with Crippen molar-refractivity contribution < 1.29 is 4.74 Å². The van der Waals surface area contributed by atoms with E-state index in [2.05, 4.69) is 12.2 Å². The smallest absolute Gasteiger partial charge is 0.0675 e. The lowest BCUT2D eigenvalue weighted by Gasteiger charge is -2.50. The van der Waals surface area contributed by atoms with Gasteiger partial charge in [-0.05, 0) is 13.0 Å². The van der Waals surface area contributed by atoms with Crippen LogP contribution in [0.25, 0.3) is 0 Å². The molecule has 2 aliphatic rings. The summed E-state index contributed by atoms with van der Waals surface area (Å²) >= 11 is 0. The Kier molecular flexibility index (Phi) is 1.08. The molecule has 0 aromatic rings. The predicted molar refractivity (Wildman–Crippen MR) is 35.3 cm³/mol. The molecule has 2 atom stereocenters. The number of piperidine rings is 1. The van der Waals surface area contributed by atoms with Crippen molar-refractivity contribution in [1.29, 1.82) is 0 Å². The summed E-state index contributed by atoms with van der Waals surface area (Å²) in [6, 6.07) is 0. The molecule has 2 nitrogen and oxygen atoms in total. The summed E-state index contributed by atoms with van der Waals surface area (Å²) in [6.07, 6.45) is 1.77. The third-order valence-electron chi connectivity index (χ3n) is 2.50. The van der Waals surface area contributed by atoms with Gasteiger partial charge in [-0.2, -0.15) is 0 Å². The summed E-state index contributed by atoms with van der Waals surface area (Å²) in [5.41, 5.74) is 0.484. The van der Waals surface area contributed by atoms with E-state index in [0.29, 0.717) is 11.5 Å². The Morgan fingerprint density at radius 3 is 2.89 bits per heavy atom. The van der Waals surface area contributed by atoms with Crippen LogP contribution in [0.5, 0.6) is 0 Å². The van der Waals surface area contributed by atoms with Crippen LogP contribution in [0.1, 0.15) is 13.3 Å². The van der Waals surface area contributed by atoms with Gasteiger partial charge in [-0.15, -0.1) is 0 Å². The summed E-state index contributed by atoms with van der Waals surface area (Å²) in [6.45, 7) is 5.55. The van der Waals surface area contributed by atoms with Gasteiger partial charge in [0.1, 0.15) is 0 Å². The summed E-state index contributed by atoms with van der Waals surface area (Å²) in [7, 11) is 0. The molecule has 0 radical (unpaired) electrons. The van der Waals surface area contributed by atoms with Crippen molar-refractivity contribution in [3.8, 4) is 0 Å². The minimum Gasteiger partial charge on any atom is -0.377 e. The number of ether oxygens (including phenoxy) is 1. The number of hydrogen-bond donors (Lipinski definition) is 1.